The number of piperidine rings is 1. The number of benzene rings is 1. The standard InChI is InChI=1S/C25H33N3O7S/c1-17-15-19(5-6-20(17)21-3-2-4-22(27-21)34-14-12-29)18-7-10-28(11-8-18)36(32,33)25(24(26)31)9-13-35-23(30)16-25/h2-6,15,18,23,29-30H,7-14,16H2,1H3,(H2,26,31). The first-order valence-electron chi connectivity index (χ1n) is 12.1. The number of ether oxygens (including phenoxy) is 2. The van der Waals surface area contributed by atoms with E-state index in [9.17, 15) is 18.3 Å². The molecular formula is C25H33N3O7S. The predicted molar refractivity (Wildman–Crippen MR) is 133 cm³/mol. The van der Waals surface area contributed by atoms with Crippen molar-refractivity contribution >= 4 is 15.9 Å². The molecule has 2 fully saturated rings. The van der Waals surface area contributed by atoms with E-state index in [0.29, 0.717) is 18.7 Å². The number of aryl methyl sites for hydroxylation is 1. The normalized spacial score (nSPS) is 23.9. The number of primary amides is 1. The highest BCUT2D eigenvalue weighted by atomic mass is 32.2. The summed E-state index contributed by atoms with van der Waals surface area (Å²) in [5.41, 5.74) is 9.45. The number of aromatic nitrogens is 1. The quantitative estimate of drug-likeness (QED) is 0.472. The predicted octanol–water partition coefficient (Wildman–Crippen LogP) is 1.29. The first kappa shape index (κ1) is 26.5. The largest absolute Gasteiger partial charge is 0.475 e. The molecular weight excluding hydrogens is 486 g/mol. The number of nitrogens with zero attached hydrogens (tertiary/aromatic N) is 2. The molecule has 0 aliphatic carbocycles. The van der Waals surface area contributed by atoms with Crippen LogP contribution < -0.4 is 10.5 Å². The van der Waals surface area contributed by atoms with Gasteiger partial charge in [0.05, 0.1) is 18.9 Å². The second-order valence-electron chi connectivity index (χ2n) is 9.32. The minimum Gasteiger partial charge on any atom is -0.475 e. The number of pyridine rings is 1. The van der Waals surface area contributed by atoms with Crippen LogP contribution in [0.1, 0.15) is 42.7 Å². The Morgan fingerprint density at radius 2 is 2.03 bits per heavy atom. The van der Waals surface area contributed by atoms with Crippen LogP contribution in [0, 0.1) is 6.92 Å². The molecule has 2 saturated heterocycles. The zero-order chi connectivity index (χ0) is 25.9. The average Bonchev–Trinajstić information content (AvgIpc) is 2.87. The first-order valence-corrected chi connectivity index (χ1v) is 13.5. The van der Waals surface area contributed by atoms with Gasteiger partial charge in [0.15, 0.2) is 11.0 Å². The van der Waals surface area contributed by atoms with E-state index >= 15 is 0 Å². The molecule has 11 heteroatoms. The molecule has 36 heavy (non-hydrogen) atoms. The van der Waals surface area contributed by atoms with Gasteiger partial charge in [0.1, 0.15) is 6.61 Å². The summed E-state index contributed by atoms with van der Waals surface area (Å²) in [7, 11) is -4.06. The molecule has 0 saturated carbocycles. The summed E-state index contributed by atoms with van der Waals surface area (Å²) in [5, 5.41) is 18.9. The van der Waals surface area contributed by atoms with E-state index in [1.807, 2.05) is 31.2 Å². The third-order valence-corrected chi connectivity index (χ3v) is 9.72. The van der Waals surface area contributed by atoms with Crippen molar-refractivity contribution in [3.63, 3.8) is 0 Å². The Morgan fingerprint density at radius 1 is 1.28 bits per heavy atom. The van der Waals surface area contributed by atoms with Crippen molar-refractivity contribution in [2.45, 2.75) is 49.6 Å². The van der Waals surface area contributed by atoms with E-state index in [2.05, 4.69) is 11.1 Å². The van der Waals surface area contributed by atoms with Crippen molar-refractivity contribution < 1.29 is 32.9 Å². The minimum absolute atomic E-state index is 0.0449. The van der Waals surface area contributed by atoms with E-state index in [-0.39, 0.29) is 51.7 Å². The molecule has 3 heterocycles. The monoisotopic (exact) mass is 519 g/mol. The third-order valence-electron chi connectivity index (χ3n) is 7.12. The summed E-state index contributed by atoms with van der Waals surface area (Å²) in [5.74, 6) is -0.330. The van der Waals surface area contributed by atoms with Gasteiger partial charge in [-0.2, -0.15) is 0 Å². The van der Waals surface area contributed by atoms with Gasteiger partial charge < -0.3 is 25.4 Å². The molecule has 4 N–H and O–H groups in total. The topological polar surface area (TPSA) is 152 Å². The molecule has 0 bridgehead atoms. The maximum atomic E-state index is 13.5. The maximum absolute atomic E-state index is 13.5. The van der Waals surface area contributed by atoms with Gasteiger partial charge in [0.25, 0.3) is 0 Å². The van der Waals surface area contributed by atoms with E-state index in [0.717, 1.165) is 22.4 Å². The Kier molecular flexibility index (Phi) is 7.96. The van der Waals surface area contributed by atoms with E-state index in [1.165, 1.54) is 4.31 Å². The number of carbonyl (C=O) groups is 1. The van der Waals surface area contributed by atoms with Crippen molar-refractivity contribution in [3.8, 4) is 17.1 Å². The fraction of sp³-hybridized carbons (Fsp3) is 0.520. The number of nitrogens with two attached hydrogens (primary N) is 1. The number of hydrogen-bond donors (Lipinski definition) is 3. The van der Waals surface area contributed by atoms with Crippen LogP contribution in [-0.2, 0) is 19.6 Å². The first-order chi connectivity index (χ1) is 17.2. The zero-order valence-corrected chi connectivity index (χ0v) is 21.1. The zero-order valence-electron chi connectivity index (χ0n) is 20.3. The highest BCUT2D eigenvalue weighted by Crippen LogP contribution is 2.38. The second-order valence-corrected chi connectivity index (χ2v) is 11.6. The lowest BCUT2D eigenvalue weighted by Crippen LogP contribution is -2.61. The molecule has 2 aromatic rings. The molecule has 2 atom stereocenters. The molecule has 4 rings (SSSR count). The van der Waals surface area contributed by atoms with Gasteiger partial charge >= 0.3 is 0 Å². The highest BCUT2D eigenvalue weighted by Gasteiger charge is 2.55. The highest BCUT2D eigenvalue weighted by molar-refractivity contribution is 7.91. The smallest absolute Gasteiger partial charge is 0.240 e. The minimum atomic E-state index is -4.06. The lowest BCUT2D eigenvalue weighted by atomic mass is 9.88. The van der Waals surface area contributed by atoms with Crippen LogP contribution in [0.25, 0.3) is 11.3 Å². The molecule has 2 aliphatic rings. The Labute approximate surface area is 211 Å². The number of sulfonamides is 1. The lowest BCUT2D eigenvalue weighted by Gasteiger charge is -2.41. The number of aliphatic hydroxyl groups is 2. The van der Waals surface area contributed by atoms with Crippen LogP contribution in [0.3, 0.4) is 0 Å². The molecule has 0 radical (unpaired) electrons. The van der Waals surface area contributed by atoms with Gasteiger partial charge in [-0.25, -0.2) is 17.7 Å². The van der Waals surface area contributed by atoms with Crippen LogP contribution in [0.2, 0.25) is 0 Å². The molecule has 10 nitrogen and oxygen atoms in total. The van der Waals surface area contributed by atoms with E-state index in [1.54, 1.807) is 6.07 Å². The van der Waals surface area contributed by atoms with Gasteiger partial charge in [-0.1, -0.05) is 24.3 Å². The van der Waals surface area contributed by atoms with Gasteiger partial charge in [-0.05, 0) is 42.9 Å². The summed E-state index contributed by atoms with van der Waals surface area (Å²) in [4.78, 5) is 16.8. The Bertz CT molecular complexity index is 1200. The summed E-state index contributed by atoms with van der Waals surface area (Å²) >= 11 is 0. The fourth-order valence-electron chi connectivity index (χ4n) is 5.09. The summed E-state index contributed by atoms with van der Waals surface area (Å²) < 4.78 is 36.9. The fourth-order valence-corrected chi connectivity index (χ4v) is 7.22. The Balaban J connectivity index is 1.47. The number of aliphatic hydroxyl groups excluding tert-OH is 2. The van der Waals surface area contributed by atoms with Crippen LogP contribution in [-0.4, -0.2) is 77.8 Å². The molecule has 1 aromatic carbocycles. The van der Waals surface area contributed by atoms with Crippen molar-refractivity contribution in [1.29, 1.82) is 0 Å². The third kappa shape index (κ3) is 5.12. The number of amides is 1. The number of rotatable bonds is 8. The second kappa shape index (κ2) is 10.8. The van der Waals surface area contributed by atoms with Crippen molar-refractivity contribution in [2.75, 3.05) is 32.9 Å². The SMILES string of the molecule is Cc1cc(C2CCN(S(=O)(=O)C3(C(N)=O)CCOC(O)C3)CC2)ccc1-c1cccc(OCCO)n1. The number of carbonyl (C=O) groups excluding carboxylic acids is 1. The van der Waals surface area contributed by atoms with Crippen molar-refractivity contribution in [3.05, 3.63) is 47.5 Å². The van der Waals surface area contributed by atoms with Crippen LogP contribution >= 0.6 is 0 Å². The Morgan fingerprint density at radius 3 is 2.67 bits per heavy atom. The molecule has 196 valence electrons. The average molecular weight is 520 g/mol. The summed E-state index contributed by atoms with van der Waals surface area (Å²) in [6, 6.07) is 11.7. The van der Waals surface area contributed by atoms with Gasteiger partial charge in [0, 0.05) is 37.6 Å². The number of hydrogen-bond acceptors (Lipinski definition) is 8. The van der Waals surface area contributed by atoms with Crippen molar-refractivity contribution in [1.82, 2.24) is 9.29 Å². The van der Waals surface area contributed by atoms with E-state index in [4.69, 9.17) is 20.3 Å². The van der Waals surface area contributed by atoms with Crippen LogP contribution in [0.15, 0.2) is 36.4 Å². The van der Waals surface area contributed by atoms with Gasteiger partial charge in [-0.3, -0.25) is 4.79 Å². The van der Waals surface area contributed by atoms with Crippen LogP contribution in [0.4, 0.5) is 0 Å². The van der Waals surface area contributed by atoms with Gasteiger partial charge in [0.2, 0.25) is 21.8 Å². The molecule has 2 aliphatic heterocycles. The maximum Gasteiger partial charge on any atom is 0.240 e. The van der Waals surface area contributed by atoms with Gasteiger partial charge in [-0.15, -0.1) is 0 Å². The summed E-state index contributed by atoms with van der Waals surface area (Å²) in [6.07, 6.45) is -0.547. The molecule has 0 spiro atoms. The molecule has 1 amide bonds. The van der Waals surface area contributed by atoms with Crippen LogP contribution in [0.5, 0.6) is 5.88 Å². The van der Waals surface area contributed by atoms with Crippen molar-refractivity contribution in [2.24, 2.45) is 5.73 Å². The summed E-state index contributed by atoms with van der Waals surface area (Å²) in [6.45, 7) is 2.60. The lowest BCUT2D eigenvalue weighted by molar-refractivity contribution is -0.147. The molecule has 2 unspecified atom stereocenters. The molecule has 1 aromatic heterocycles. The van der Waals surface area contributed by atoms with E-state index < -0.39 is 27.0 Å². The Hall–Kier alpha value is -2.57.